The summed E-state index contributed by atoms with van der Waals surface area (Å²) in [6, 6.07) is 10.6. The molecule has 2 aliphatic carbocycles. The molecular formula is C32H30F2N4O4. The summed E-state index contributed by atoms with van der Waals surface area (Å²) in [5.41, 5.74) is -0.0441. The molecule has 3 atom stereocenters. The normalized spacial score (nSPS) is 26.4. The maximum Gasteiger partial charge on any atom is 0.331 e. The van der Waals surface area contributed by atoms with Gasteiger partial charge >= 0.3 is 5.97 Å². The van der Waals surface area contributed by atoms with Crippen LogP contribution in [0, 0.1) is 11.6 Å². The molecule has 1 saturated carbocycles. The van der Waals surface area contributed by atoms with Crippen LogP contribution in [-0.2, 0) is 38.2 Å². The van der Waals surface area contributed by atoms with E-state index in [1.54, 1.807) is 31.3 Å². The van der Waals surface area contributed by atoms with Crippen LogP contribution in [0.4, 0.5) is 14.6 Å². The third-order valence-electron chi connectivity index (χ3n) is 9.88. The molecule has 3 N–H and O–H groups in total. The lowest BCUT2D eigenvalue weighted by molar-refractivity contribution is -0.166. The lowest BCUT2D eigenvalue weighted by Crippen LogP contribution is -2.71. The molecule has 10 heteroatoms. The van der Waals surface area contributed by atoms with Crippen LogP contribution in [0.15, 0.2) is 54.7 Å². The first kappa shape index (κ1) is 26.7. The zero-order chi connectivity index (χ0) is 29.4. The Morgan fingerprint density at radius 2 is 1.74 bits per heavy atom. The smallest absolute Gasteiger partial charge is 0.331 e. The summed E-state index contributed by atoms with van der Waals surface area (Å²) in [5.74, 6) is -2.87. The number of rotatable bonds is 4. The van der Waals surface area contributed by atoms with Crippen LogP contribution in [-0.4, -0.2) is 44.9 Å². The number of piperazine rings is 1. The molecule has 2 aromatic carbocycles. The number of hydrogen-bond donors (Lipinski definition) is 3. The van der Waals surface area contributed by atoms with Crippen LogP contribution < -0.4 is 10.6 Å². The fourth-order valence-electron chi connectivity index (χ4n) is 7.69. The van der Waals surface area contributed by atoms with Crippen LogP contribution >= 0.6 is 0 Å². The van der Waals surface area contributed by atoms with Crippen molar-refractivity contribution < 1.29 is 28.3 Å². The number of halogens is 2. The van der Waals surface area contributed by atoms with E-state index in [1.807, 2.05) is 12.1 Å². The van der Waals surface area contributed by atoms with Gasteiger partial charge in [0.2, 0.25) is 11.8 Å². The van der Waals surface area contributed by atoms with E-state index in [0.29, 0.717) is 37.1 Å². The average Bonchev–Trinajstić information content (AvgIpc) is 3.65. The van der Waals surface area contributed by atoms with E-state index in [9.17, 15) is 28.3 Å². The number of pyridine rings is 1. The van der Waals surface area contributed by atoms with Gasteiger partial charge in [-0.15, -0.1) is 0 Å². The zero-order valence-electron chi connectivity index (χ0n) is 23.0. The number of aliphatic carboxylic acids is 1. The van der Waals surface area contributed by atoms with Crippen molar-refractivity contribution >= 4 is 23.6 Å². The zero-order valence-corrected chi connectivity index (χ0v) is 23.0. The Kier molecular flexibility index (Phi) is 5.82. The van der Waals surface area contributed by atoms with Crippen LogP contribution in [0.1, 0.15) is 66.5 Å². The molecule has 7 rings (SSSR count). The van der Waals surface area contributed by atoms with Gasteiger partial charge in [-0.05, 0) is 73.1 Å². The molecule has 42 heavy (non-hydrogen) atoms. The van der Waals surface area contributed by atoms with E-state index < -0.39 is 46.0 Å². The van der Waals surface area contributed by atoms with Gasteiger partial charge in [-0.2, -0.15) is 0 Å². The van der Waals surface area contributed by atoms with Gasteiger partial charge in [-0.3, -0.25) is 9.59 Å². The van der Waals surface area contributed by atoms with Crippen LogP contribution in [0.5, 0.6) is 0 Å². The molecule has 2 amide bonds. The first-order valence-electron chi connectivity index (χ1n) is 14.2. The molecule has 2 aliphatic heterocycles. The molecule has 4 aliphatic rings. The second kappa shape index (κ2) is 9.16. The Balaban J connectivity index is 1.33. The predicted molar refractivity (Wildman–Crippen MR) is 149 cm³/mol. The van der Waals surface area contributed by atoms with Crippen LogP contribution in [0.2, 0.25) is 0 Å². The van der Waals surface area contributed by atoms with Gasteiger partial charge < -0.3 is 20.6 Å². The lowest BCUT2D eigenvalue weighted by Gasteiger charge is -2.53. The monoisotopic (exact) mass is 572 g/mol. The van der Waals surface area contributed by atoms with Crippen LogP contribution in [0.3, 0.4) is 0 Å². The Morgan fingerprint density at radius 3 is 2.45 bits per heavy atom. The standard InChI is InChI=1S/C32H30F2N4O4/c1-30(21-12-22(33)14-23(34)13-21)17-36-32(8-2-3-9-32)29(42)38(30)25(27(39)40)18-6-7-19-15-31(16-20(19)11-18)24-5-4-10-35-26(24)37-28(31)41/h4-7,10-14,25,36H,2-3,8-9,15-17H2,1H3,(H,39,40)(H,35,37,41)/t25-,30+,31?/m1/s1. The second-order valence-electron chi connectivity index (χ2n) is 12.3. The van der Waals surface area contributed by atoms with Gasteiger partial charge in [0.25, 0.3) is 0 Å². The van der Waals surface area contributed by atoms with Crippen molar-refractivity contribution in [3.8, 4) is 0 Å². The highest BCUT2D eigenvalue weighted by Crippen LogP contribution is 2.49. The van der Waals surface area contributed by atoms with Gasteiger partial charge in [0.15, 0.2) is 6.04 Å². The van der Waals surface area contributed by atoms with Gasteiger partial charge in [0.1, 0.15) is 17.5 Å². The largest absolute Gasteiger partial charge is 0.479 e. The molecule has 8 nitrogen and oxygen atoms in total. The summed E-state index contributed by atoms with van der Waals surface area (Å²) in [5, 5.41) is 16.9. The quantitative estimate of drug-likeness (QED) is 0.434. The summed E-state index contributed by atoms with van der Waals surface area (Å²) < 4.78 is 28.9. The number of nitrogens with one attached hydrogen (secondary N) is 2. The van der Waals surface area contributed by atoms with E-state index >= 15 is 0 Å². The highest BCUT2D eigenvalue weighted by molar-refractivity contribution is 6.06. The summed E-state index contributed by atoms with van der Waals surface area (Å²) in [6.45, 7) is 1.78. The highest BCUT2D eigenvalue weighted by Gasteiger charge is 2.57. The maximum absolute atomic E-state index is 14.5. The number of fused-ring (bicyclic) bond motifs is 3. The summed E-state index contributed by atoms with van der Waals surface area (Å²) in [4.78, 5) is 46.4. The van der Waals surface area contributed by atoms with Gasteiger partial charge in [-0.25, -0.2) is 18.6 Å². The van der Waals surface area contributed by atoms with Crippen molar-refractivity contribution in [1.82, 2.24) is 15.2 Å². The lowest BCUT2D eigenvalue weighted by atomic mass is 9.79. The Bertz CT molecular complexity index is 1650. The molecule has 3 heterocycles. The molecule has 2 fully saturated rings. The van der Waals surface area contributed by atoms with E-state index in [-0.39, 0.29) is 18.0 Å². The molecule has 0 bridgehead atoms. The SMILES string of the molecule is C[C@@]1(c2cc(F)cc(F)c2)CNC2(CCCC2)C(=O)N1[C@@H](C(=O)O)c1ccc2c(c1)CC1(C2)C(=O)Nc2ncccc21. The van der Waals surface area contributed by atoms with Crippen LogP contribution in [0.25, 0.3) is 0 Å². The molecule has 3 aromatic rings. The van der Waals surface area contributed by atoms with Crippen molar-refractivity contribution in [2.45, 2.75) is 68.0 Å². The topological polar surface area (TPSA) is 112 Å². The number of nitrogens with zero attached hydrogens (tertiary/aromatic N) is 2. The third-order valence-corrected chi connectivity index (χ3v) is 9.88. The number of benzene rings is 2. The van der Waals surface area contributed by atoms with Gasteiger partial charge in [0, 0.05) is 24.4 Å². The third kappa shape index (κ3) is 3.74. The summed E-state index contributed by atoms with van der Waals surface area (Å²) in [7, 11) is 0. The minimum atomic E-state index is -1.43. The van der Waals surface area contributed by atoms with Gasteiger partial charge in [-0.1, -0.05) is 37.1 Å². The van der Waals surface area contributed by atoms with E-state index in [4.69, 9.17) is 0 Å². The minimum Gasteiger partial charge on any atom is -0.479 e. The van der Waals surface area contributed by atoms with Crippen molar-refractivity contribution in [1.29, 1.82) is 0 Å². The molecule has 2 spiro atoms. The van der Waals surface area contributed by atoms with E-state index in [0.717, 1.165) is 47.7 Å². The number of carboxylic acid groups (broad SMARTS) is 1. The number of carboxylic acids is 1. The minimum absolute atomic E-state index is 0.128. The summed E-state index contributed by atoms with van der Waals surface area (Å²) in [6.07, 6.45) is 5.16. The fourth-order valence-corrected chi connectivity index (χ4v) is 7.69. The Labute approximate surface area is 241 Å². The van der Waals surface area contributed by atoms with E-state index in [1.165, 1.54) is 4.90 Å². The van der Waals surface area contributed by atoms with Crippen molar-refractivity contribution in [2.75, 3.05) is 11.9 Å². The average molecular weight is 573 g/mol. The van der Waals surface area contributed by atoms with Crippen molar-refractivity contribution in [3.05, 3.63) is 94.2 Å². The number of anilines is 1. The Morgan fingerprint density at radius 1 is 1.02 bits per heavy atom. The van der Waals surface area contributed by atoms with Crippen molar-refractivity contribution in [3.63, 3.8) is 0 Å². The molecule has 216 valence electrons. The maximum atomic E-state index is 14.5. The van der Waals surface area contributed by atoms with E-state index in [2.05, 4.69) is 15.6 Å². The number of aromatic nitrogens is 1. The Hall–Kier alpha value is -4.18. The molecule has 1 aromatic heterocycles. The second-order valence-corrected chi connectivity index (χ2v) is 12.3. The first-order valence-corrected chi connectivity index (χ1v) is 14.2. The summed E-state index contributed by atoms with van der Waals surface area (Å²) >= 11 is 0. The first-order chi connectivity index (χ1) is 20.1. The molecule has 0 radical (unpaired) electrons. The number of carbonyl (C=O) groups is 3. The number of hydrogen-bond acceptors (Lipinski definition) is 5. The number of carbonyl (C=O) groups excluding carboxylic acids is 2. The fraction of sp³-hybridized carbons (Fsp3) is 0.375. The molecule has 1 unspecified atom stereocenters. The highest BCUT2D eigenvalue weighted by atomic mass is 19.1. The predicted octanol–water partition coefficient (Wildman–Crippen LogP) is 4.13. The molecular weight excluding hydrogens is 542 g/mol. The van der Waals surface area contributed by atoms with Gasteiger partial charge in [0.05, 0.1) is 16.5 Å². The van der Waals surface area contributed by atoms with Crippen molar-refractivity contribution in [2.24, 2.45) is 0 Å². The molecule has 1 saturated heterocycles. The number of amides is 2.